The maximum absolute atomic E-state index is 12.9. The Morgan fingerprint density at radius 3 is 2.10 bits per heavy atom. The lowest BCUT2D eigenvalue weighted by atomic mass is 9.89. The Bertz CT molecular complexity index is 1140. The lowest BCUT2D eigenvalue weighted by molar-refractivity contribution is 0.0713. The lowest BCUT2D eigenvalue weighted by Gasteiger charge is -2.32. The van der Waals surface area contributed by atoms with E-state index in [0.29, 0.717) is 30.3 Å². The Morgan fingerprint density at radius 2 is 1.48 bits per heavy atom. The van der Waals surface area contributed by atoms with Gasteiger partial charge in [-0.25, -0.2) is 8.42 Å². The molecule has 2 N–H and O–H groups in total. The molecule has 1 heterocycles. The summed E-state index contributed by atoms with van der Waals surface area (Å²) in [6.45, 7) is 1.28. The summed E-state index contributed by atoms with van der Waals surface area (Å²) < 4.78 is 27.6. The minimum atomic E-state index is -3.71. The lowest BCUT2D eigenvalue weighted by Crippen LogP contribution is -2.37. The van der Waals surface area contributed by atoms with Crippen molar-refractivity contribution >= 4 is 21.6 Å². The van der Waals surface area contributed by atoms with Crippen LogP contribution in [-0.4, -0.2) is 37.4 Å². The summed E-state index contributed by atoms with van der Waals surface area (Å²) in [6, 6.07) is 22.0. The van der Waals surface area contributed by atoms with Gasteiger partial charge in [-0.05, 0) is 72.9 Å². The van der Waals surface area contributed by atoms with Crippen molar-refractivity contribution in [3.63, 3.8) is 0 Å². The third-order valence-electron chi connectivity index (χ3n) is 5.58. The SMILES string of the molecule is O=C(c1ccc(S(=O)(=O)Nc2ccccc2)cc1)N1CCC(c2ccc(O)cc2)CC1. The Balaban J connectivity index is 1.39. The standard InChI is InChI=1S/C24H24N2O4S/c27-22-10-6-18(7-11-22)19-14-16-26(17-15-19)24(28)20-8-12-23(13-9-20)31(29,30)25-21-4-2-1-3-5-21/h1-13,19,25,27H,14-17H2. The molecule has 0 atom stereocenters. The van der Waals surface area contributed by atoms with Crippen LogP contribution in [0.25, 0.3) is 0 Å². The minimum absolute atomic E-state index is 0.0934. The van der Waals surface area contributed by atoms with Crippen LogP contribution in [0.2, 0.25) is 0 Å². The van der Waals surface area contributed by atoms with Crippen molar-refractivity contribution in [3.05, 3.63) is 90.0 Å². The molecule has 1 amide bonds. The third-order valence-corrected chi connectivity index (χ3v) is 6.98. The largest absolute Gasteiger partial charge is 0.508 e. The number of phenolic OH excluding ortho intramolecular Hbond substituents is 1. The number of nitrogens with one attached hydrogen (secondary N) is 1. The zero-order chi connectivity index (χ0) is 21.8. The minimum Gasteiger partial charge on any atom is -0.508 e. The average molecular weight is 437 g/mol. The van der Waals surface area contributed by atoms with E-state index >= 15 is 0 Å². The number of carbonyl (C=O) groups excluding carboxylic acids is 1. The molecule has 4 rings (SSSR count). The Kier molecular flexibility index (Phi) is 5.95. The van der Waals surface area contributed by atoms with E-state index < -0.39 is 10.0 Å². The van der Waals surface area contributed by atoms with Crippen LogP contribution < -0.4 is 4.72 Å². The highest BCUT2D eigenvalue weighted by Crippen LogP contribution is 2.29. The van der Waals surface area contributed by atoms with Gasteiger partial charge in [0, 0.05) is 24.3 Å². The smallest absolute Gasteiger partial charge is 0.261 e. The molecule has 3 aromatic carbocycles. The number of hydrogen-bond acceptors (Lipinski definition) is 4. The molecule has 7 heteroatoms. The van der Waals surface area contributed by atoms with Gasteiger partial charge in [-0.3, -0.25) is 9.52 Å². The van der Waals surface area contributed by atoms with Crippen LogP contribution in [0.4, 0.5) is 5.69 Å². The van der Waals surface area contributed by atoms with Crippen molar-refractivity contribution in [2.24, 2.45) is 0 Å². The number of hydrogen-bond donors (Lipinski definition) is 2. The highest BCUT2D eigenvalue weighted by molar-refractivity contribution is 7.92. The second-order valence-corrected chi connectivity index (χ2v) is 9.34. The summed E-state index contributed by atoms with van der Waals surface area (Å²) in [5.41, 5.74) is 2.13. The van der Waals surface area contributed by atoms with Gasteiger partial charge in [-0.2, -0.15) is 0 Å². The highest BCUT2D eigenvalue weighted by Gasteiger charge is 2.25. The van der Waals surface area contributed by atoms with E-state index in [2.05, 4.69) is 4.72 Å². The summed E-state index contributed by atoms with van der Waals surface area (Å²) in [4.78, 5) is 14.8. The molecule has 160 valence electrons. The van der Waals surface area contributed by atoms with Gasteiger partial charge in [0.1, 0.15) is 5.75 Å². The number of sulfonamides is 1. The van der Waals surface area contributed by atoms with Crippen molar-refractivity contribution in [3.8, 4) is 5.75 Å². The molecular weight excluding hydrogens is 412 g/mol. The van der Waals surface area contributed by atoms with Gasteiger partial charge in [0.25, 0.3) is 15.9 Å². The van der Waals surface area contributed by atoms with E-state index in [-0.39, 0.29) is 16.6 Å². The van der Waals surface area contributed by atoms with E-state index in [1.165, 1.54) is 17.7 Å². The molecule has 1 fully saturated rings. The molecular formula is C24H24N2O4S. The van der Waals surface area contributed by atoms with Crippen molar-refractivity contribution in [2.75, 3.05) is 17.8 Å². The molecule has 1 aliphatic rings. The van der Waals surface area contributed by atoms with Gasteiger partial charge in [0.2, 0.25) is 0 Å². The van der Waals surface area contributed by atoms with Crippen molar-refractivity contribution in [1.82, 2.24) is 4.90 Å². The molecule has 0 spiro atoms. The van der Waals surface area contributed by atoms with Crippen LogP contribution in [0, 0.1) is 0 Å². The number of benzene rings is 3. The monoisotopic (exact) mass is 436 g/mol. The third kappa shape index (κ3) is 4.88. The Labute approximate surface area is 182 Å². The van der Waals surface area contributed by atoms with Crippen LogP contribution >= 0.6 is 0 Å². The first-order valence-corrected chi connectivity index (χ1v) is 11.7. The zero-order valence-corrected chi connectivity index (χ0v) is 17.8. The van der Waals surface area contributed by atoms with Crippen molar-refractivity contribution < 1.29 is 18.3 Å². The molecule has 1 saturated heterocycles. The fraction of sp³-hybridized carbons (Fsp3) is 0.208. The predicted octanol–water partition coefficient (Wildman–Crippen LogP) is 4.21. The number of rotatable bonds is 5. The Hall–Kier alpha value is -3.32. The number of para-hydroxylation sites is 1. The van der Waals surface area contributed by atoms with Gasteiger partial charge in [0.15, 0.2) is 0 Å². The normalized spacial score (nSPS) is 14.9. The van der Waals surface area contributed by atoms with Crippen LogP contribution in [0.3, 0.4) is 0 Å². The van der Waals surface area contributed by atoms with Crippen molar-refractivity contribution in [2.45, 2.75) is 23.7 Å². The van der Waals surface area contributed by atoms with Gasteiger partial charge in [0.05, 0.1) is 4.90 Å². The van der Waals surface area contributed by atoms with Gasteiger partial charge in [-0.1, -0.05) is 30.3 Å². The molecule has 31 heavy (non-hydrogen) atoms. The van der Waals surface area contributed by atoms with E-state index in [9.17, 15) is 18.3 Å². The number of carbonyl (C=O) groups is 1. The fourth-order valence-corrected chi connectivity index (χ4v) is 4.90. The van der Waals surface area contributed by atoms with Crippen LogP contribution in [0.5, 0.6) is 5.75 Å². The summed E-state index contributed by atoms with van der Waals surface area (Å²) in [7, 11) is -3.71. The first-order valence-electron chi connectivity index (χ1n) is 10.2. The number of nitrogens with zero attached hydrogens (tertiary/aromatic N) is 1. The summed E-state index contributed by atoms with van der Waals surface area (Å²) >= 11 is 0. The first-order chi connectivity index (χ1) is 14.9. The number of aromatic hydroxyl groups is 1. The maximum Gasteiger partial charge on any atom is 0.261 e. The van der Waals surface area contributed by atoms with E-state index in [1.807, 2.05) is 23.1 Å². The topological polar surface area (TPSA) is 86.7 Å². The quantitative estimate of drug-likeness (QED) is 0.627. The average Bonchev–Trinajstić information content (AvgIpc) is 2.80. The summed E-state index contributed by atoms with van der Waals surface area (Å²) in [6.07, 6.45) is 1.70. The van der Waals surface area contributed by atoms with Crippen molar-refractivity contribution in [1.29, 1.82) is 0 Å². The first kappa shape index (κ1) is 20.9. The fourth-order valence-electron chi connectivity index (χ4n) is 3.84. The van der Waals surface area contributed by atoms with E-state index in [4.69, 9.17) is 0 Å². The van der Waals surface area contributed by atoms with E-state index in [1.54, 1.807) is 48.5 Å². The van der Waals surface area contributed by atoms with Gasteiger partial charge in [-0.15, -0.1) is 0 Å². The number of phenols is 1. The van der Waals surface area contributed by atoms with Crippen LogP contribution in [0.15, 0.2) is 83.8 Å². The second-order valence-electron chi connectivity index (χ2n) is 7.65. The molecule has 0 saturated carbocycles. The maximum atomic E-state index is 12.9. The van der Waals surface area contributed by atoms with Crippen LogP contribution in [0.1, 0.15) is 34.7 Å². The van der Waals surface area contributed by atoms with Crippen LogP contribution in [-0.2, 0) is 10.0 Å². The van der Waals surface area contributed by atoms with E-state index in [0.717, 1.165) is 12.8 Å². The number of piperidine rings is 1. The van der Waals surface area contributed by atoms with Gasteiger partial charge >= 0.3 is 0 Å². The zero-order valence-electron chi connectivity index (χ0n) is 16.9. The summed E-state index contributed by atoms with van der Waals surface area (Å²) in [5, 5.41) is 9.45. The molecule has 0 radical (unpaired) electrons. The number of amides is 1. The molecule has 1 aliphatic heterocycles. The molecule has 0 unspecified atom stereocenters. The Morgan fingerprint density at radius 1 is 0.871 bits per heavy atom. The molecule has 0 aliphatic carbocycles. The molecule has 0 aromatic heterocycles. The molecule has 3 aromatic rings. The van der Waals surface area contributed by atoms with Gasteiger partial charge < -0.3 is 10.0 Å². The predicted molar refractivity (Wildman–Crippen MR) is 120 cm³/mol. The molecule has 0 bridgehead atoms. The molecule has 6 nitrogen and oxygen atoms in total. The number of likely N-dealkylation sites (tertiary alicyclic amines) is 1. The highest BCUT2D eigenvalue weighted by atomic mass is 32.2. The second kappa shape index (κ2) is 8.81. The number of anilines is 1. The summed E-state index contributed by atoms with van der Waals surface area (Å²) in [5.74, 6) is 0.520.